The standard InChI is InChI=1S/C14H18N2O4/c1-4-13-15-9-7-11(19-2)12(20-3)8-10(9)16(13)6-5-14(17)18/h7-8H,4-6H2,1-3H3,(H,17,18). The van der Waals surface area contributed by atoms with Crippen LogP contribution in [-0.4, -0.2) is 34.8 Å². The Hall–Kier alpha value is -2.24. The lowest BCUT2D eigenvalue weighted by Gasteiger charge is -2.09. The molecule has 1 heterocycles. The number of carboxylic acids is 1. The second-order valence-electron chi connectivity index (χ2n) is 4.37. The molecule has 0 radical (unpaired) electrons. The summed E-state index contributed by atoms with van der Waals surface area (Å²) in [5.41, 5.74) is 1.64. The van der Waals surface area contributed by atoms with Crippen molar-refractivity contribution in [3.63, 3.8) is 0 Å². The van der Waals surface area contributed by atoms with Crippen molar-refractivity contribution in [1.82, 2.24) is 9.55 Å². The van der Waals surface area contributed by atoms with Gasteiger partial charge in [-0.15, -0.1) is 0 Å². The van der Waals surface area contributed by atoms with Crippen LogP contribution in [0.3, 0.4) is 0 Å². The number of benzene rings is 1. The minimum Gasteiger partial charge on any atom is -0.493 e. The van der Waals surface area contributed by atoms with E-state index in [1.807, 2.05) is 23.6 Å². The molecule has 1 N–H and O–H groups in total. The van der Waals surface area contributed by atoms with Crippen LogP contribution in [-0.2, 0) is 17.8 Å². The van der Waals surface area contributed by atoms with E-state index in [9.17, 15) is 4.79 Å². The Morgan fingerprint density at radius 3 is 2.50 bits per heavy atom. The number of carbonyl (C=O) groups is 1. The summed E-state index contributed by atoms with van der Waals surface area (Å²) in [4.78, 5) is 15.3. The maximum atomic E-state index is 10.8. The highest BCUT2D eigenvalue weighted by Crippen LogP contribution is 2.32. The number of hydrogen-bond donors (Lipinski definition) is 1. The van der Waals surface area contributed by atoms with Crippen LogP contribution >= 0.6 is 0 Å². The van der Waals surface area contributed by atoms with E-state index >= 15 is 0 Å². The highest BCUT2D eigenvalue weighted by Gasteiger charge is 2.14. The third-order valence-corrected chi connectivity index (χ3v) is 3.20. The minimum atomic E-state index is -0.825. The number of methoxy groups -OCH3 is 2. The van der Waals surface area contributed by atoms with Crippen LogP contribution in [0.5, 0.6) is 11.5 Å². The van der Waals surface area contributed by atoms with Gasteiger partial charge in [-0.25, -0.2) is 4.98 Å². The smallest absolute Gasteiger partial charge is 0.305 e. The molecule has 2 aromatic rings. The largest absolute Gasteiger partial charge is 0.493 e. The van der Waals surface area contributed by atoms with E-state index in [1.54, 1.807) is 14.2 Å². The normalized spacial score (nSPS) is 10.8. The Bertz CT molecular complexity index is 634. The van der Waals surface area contributed by atoms with E-state index < -0.39 is 5.97 Å². The van der Waals surface area contributed by atoms with E-state index in [0.29, 0.717) is 18.0 Å². The van der Waals surface area contributed by atoms with Gasteiger partial charge in [-0.1, -0.05) is 6.92 Å². The summed E-state index contributed by atoms with van der Waals surface area (Å²) in [6.07, 6.45) is 0.797. The molecule has 0 bridgehead atoms. The van der Waals surface area contributed by atoms with Gasteiger partial charge in [0, 0.05) is 25.1 Å². The molecule has 0 aliphatic heterocycles. The molecule has 1 aromatic heterocycles. The van der Waals surface area contributed by atoms with Gasteiger partial charge in [0.05, 0.1) is 31.7 Å². The number of hydrogen-bond acceptors (Lipinski definition) is 4. The number of nitrogens with zero attached hydrogens (tertiary/aromatic N) is 2. The third kappa shape index (κ3) is 2.54. The van der Waals surface area contributed by atoms with E-state index in [-0.39, 0.29) is 6.42 Å². The summed E-state index contributed by atoms with van der Waals surface area (Å²) < 4.78 is 12.5. The van der Waals surface area contributed by atoms with Crippen LogP contribution in [0, 0.1) is 0 Å². The molecular weight excluding hydrogens is 260 g/mol. The van der Waals surface area contributed by atoms with E-state index in [0.717, 1.165) is 23.3 Å². The predicted molar refractivity (Wildman–Crippen MR) is 74.5 cm³/mol. The molecule has 2 rings (SSSR count). The van der Waals surface area contributed by atoms with Crippen molar-refractivity contribution < 1.29 is 19.4 Å². The number of imidazole rings is 1. The van der Waals surface area contributed by atoms with Gasteiger partial charge in [0.25, 0.3) is 0 Å². The average molecular weight is 278 g/mol. The topological polar surface area (TPSA) is 73.6 Å². The van der Waals surface area contributed by atoms with Crippen LogP contribution < -0.4 is 9.47 Å². The quantitative estimate of drug-likeness (QED) is 0.875. The van der Waals surface area contributed by atoms with E-state index in [4.69, 9.17) is 14.6 Å². The maximum Gasteiger partial charge on any atom is 0.305 e. The van der Waals surface area contributed by atoms with Gasteiger partial charge >= 0.3 is 5.97 Å². The van der Waals surface area contributed by atoms with Crippen molar-refractivity contribution in [3.05, 3.63) is 18.0 Å². The summed E-state index contributed by atoms with van der Waals surface area (Å²) in [7, 11) is 3.15. The van der Waals surface area contributed by atoms with Crippen molar-refractivity contribution in [2.45, 2.75) is 26.3 Å². The molecule has 0 saturated heterocycles. The number of ether oxygens (including phenoxy) is 2. The van der Waals surface area contributed by atoms with Crippen LogP contribution in [0.2, 0.25) is 0 Å². The summed E-state index contributed by atoms with van der Waals surface area (Å²) >= 11 is 0. The first-order chi connectivity index (χ1) is 9.60. The van der Waals surface area contributed by atoms with Gasteiger partial charge in [-0.05, 0) is 0 Å². The van der Waals surface area contributed by atoms with E-state index in [2.05, 4.69) is 4.98 Å². The Morgan fingerprint density at radius 1 is 1.30 bits per heavy atom. The molecule has 0 saturated carbocycles. The van der Waals surface area contributed by atoms with E-state index in [1.165, 1.54) is 0 Å². The molecule has 6 heteroatoms. The molecule has 0 fully saturated rings. The molecule has 0 atom stereocenters. The lowest BCUT2D eigenvalue weighted by atomic mass is 10.2. The van der Waals surface area contributed by atoms with Crippen LogP contribution in [0.25, 0.3) is 11.0 Å². The van der Waals surface area contributed by atoms with Gasteiger partial charge in [0.15, 0.2) is 11.5 Å². The fourth-order valence-electron chi connectivity index (χ4n) is 2.23. The van der Waals surface area contributed by atoms with Crippen molar-refractivity contribution in [3.8, 4) is 11.5 Å². The fourth-order valence-corrected chi connectivity index (χ4v) is 2.23. The fraction of sp³-hybridized carbons (Fsp3) is 0.429. The van der Waals surface area contributed by atoms with Crippen LogP contribution in [0.4, 0.5) is 0 Å². The molecule has 20 heavy (non-hydrogen) atoms. The van der Waals surface area contributed by atoms with Gasteiger partial charge in [0.2, 0.25) is 0 Å². The van der Waals surface area contributed by atoms with Gasteiger partial charge < -0.3 is 19.1 Å². The lowest BCUT2D eigenvalue weighted by Crippen LogP contribution is -2.07. The molecule has 0 amide bonds. The number of rotatable bonds is 6. The Balaban J connectivity index is 2.55. The molecule has 0 aliphatic rings. The highest BCUT2D eigenvalue weighted by molar-refractivity contribution is 5.81. The van der Waals surface area contributed by atoms with Crippen LogP contribution in [0.15, 0.2) is 12.1 Å². The van der Waals surface area contributed by atoms with Crippen LogP contribution in [0.1, 0.15) is 19.2 Å². The lowest BCUT2D eigenvalue weighted by molar-refractivity contribution is -0.137. The van der Waals surface area contributed by atoms with Crippen molar-refractivity contribution in [2.24, 2.45) is 0 Å². The Labute approximate surface area is 116 Å². The molecule has 108 valence electrons. The molecule has 0 aliphatic carbocycles. The molecule has 6 nitrogen and oxygen atoms in total. The van der Waals surface area contributed by atoms with Crippen molar-refractivity contribution in [1.29, 1.82) is 0 Å². The minimum absolute atomic E-state index is 0.0623. The summed E-state index contributed by atoms with van der Waals surface area (Å²) in [6, 6.07) is 3.65. The monoisotopic (exact) mass is 278 g/mol. The molecular formula is C14H18N2O4. The first-order valence-electron chi connectivity index (χ1n) is 6.43. The Kier molecular flexibility index (Phi) is 4.12. The zero-order chi connectivity index (χ0) is 14.7. The Morgan fingerprint density at radius 2 is 1.95 bits per heavy atom. The summed E-state index contributed by atoms with van der Waals surface area (Å²) in [6.45, 7) is 2.39. The second kappa shape index (κ2) is 5.81. The zero-order valence-electron chi connectivity index (χ0n) is 11.8. The maximum absolute atomic E-state index is 10.8. The predicted octanol–water partition coefficient (Wildman–Crippen LogP) is 2.09. The number of carboxylic acid groups (broad SMARTS) is 1. The highest BCUT2D eigenvalue weighted by atomic mass is 16.5. The van der Waals surface area contributed by atoms with Gasteiger partial charge in [-0.2, -0.15) is 0 Å². The number of fused-ring (bicyclic) bond motifs is 1. The van der Waals surface area contributed by atoms with Crippen molar-refractivity contribution in [2.75, 3.05) is 14.2 Å². The first-order valence-corrected chi connectivity index (χ1v) is 6.43. The number of aryl methyl sites for hydroxylation is 2. The first kappa shape index (κ1) is 14.2. The summed E-state index contributed by atoms with van der Waals surface area (Å²) in [5.74, 6) is 1.26. The SMILES string of the molecule is CCc1nc2cc(OC)c(OC)cc2n1CCC(=O)O. The number of aliphatic carboxylic acids is 1. The third-order valence-electron chi connectivity index (χ3n) is 3.20. The van der Waals surface area contributed by atoms with Gasteiger partial charge in [-0.3, -0.25) is 4.79 Å². The van der Waals surface area contributed by atoms with Gasteiger partial charge in [0.1, 0.15) is 5.82 Å². The molecule has 0 spiro atoms. The van der Waals surface area contributed by atoms with Crippen molar-refractivity contribution >= 4 is 17.0 Å². The average Bonchev–Trinajstić information content (AvgIpc) is 2.79. The number of aromatic nitrogens is 2. The molecule has 0 unspecified atom stereocenters. The molecule has 1 aromatic carbocycles. The zero-order valence-corrected chi connectivity index (χ0v) is 11.8. The summed E-state index contributed by atoms with van der Waals surface area (Å²) in [5, 5.41) is 8.85. The second-order valence-corrected chi connectivity index (χ2v) is 4.37.